The van der Waals surface area contributed by atoms with E-state index in [2.05, 4.69) is 9.72 Å². The first-order valence-corrected chi connectivity index (χ1v) is 6.13. The van der Waals surface area contributed by atoms with Gasteiger partial charge in [-0.15, -0.1) is 11.3 Å². The van der Waals surface area contributed by atoms with E-state index >= 15 is 0 Å². The van der Waals surface area contributed by atoms with E-state index in [0.29, 0.717) is 10.7 Å². The van der Waals surface area contributed by atoms with Crippen LogP contribution >= 0.6 is 22.9 Å². The van der Waals surface area contributed by atoms with E-state index in [1.165, 1.54) is 18.4 Å². The molecule has 0 aliphatic heterocycles. The molecule has 1 heterocycles. The van der Waals surface area contributed by atoms with Crippen molar-refractivity contribution < 1.29 is 9.53 Å². The lowest BCUT2D eigenvalue weighted by atomic mass is 10.2. The Kier molecular flexibility index (Phi) is 3.45. The number of halogens is 1. The van der Waals surface area contributed by atoms with E-state index in [1.807, 2.05) is 19.1 Å². The molecule has 5 heteroatoms. The lowest BCUT2D eigenvalue weighted by Gasteiger charge is -1.96. The summed E-state index contributed by atoms with van der Waals surface area (Å²) in [5, 5.41) is 1.47. The highest BCUT2D eigenvalue weighted by Gasteiger charge is 2.16. The van der Waals surface area contributed by atoms with Crippen LogP contribution in [0.2, 0.25) is 5.02 Å². The molecule has 0 spiro atoms. The number of esters is 1. The summed E-state index contributed by atoms with van der Waals surface area (Å²) in [6, 6.07) is 7.35. The van der Waals surface area contributed by atoms with Crippen LogP contribution in [0.25, 0.3) is 10.6 Å². The topological polar surface area (TPSA) is 39.2 Å². The van der Waals surface area contributed by atoms with E-state index < -0.39 is 5.97 Å². The second-order valence-corrected chi connectivity index (χ2v) is 5.06. The molecular weight excluding hydrogens is 258 g/mol. The number of rotatable bonds is 2. The lowest BCUT2D eigenvalue weighted by molar-refractivity contribution is 0.0594. The van der Waals surface area contributed by atoms with Gasteiger partial charge in [0.2, 0.25) is 0 Å². The van der Waals surface area contributed by atoms with Crippen molar-refractivity contribution in [3.63, 3.8) is 0 Å². The number of hydrogen-bond acceptors (Lipinski definition) is 4. The van der Waals surface area contributed by atoms with Crippen molar-refractivity contribution in [3.05, 3.63) is 39.9 Å². The molecule has 0 bridgehead atoms. The quantitative estimate of drug-likeness (QED) is 0.781. The van der Waals surface area contributed by atoms with Crippen LogP contribution in [-0.2, 0) is 4.74 Å². The van der Waals surface area contributed by atoms with Crippen LogP contribution < -0.4 is 0 Å². The minimum Gasteiger partial charge on any atom is -0.464 e. The van der Waals surface area contributed by atoms with Crippen molar-refractivity contribution in [1.82, 2.24) is 4.98 Å². The highest BCUT2D eigenvalue weighted by molar-refractivity contribution is 7.15. The summed E-state index contributed by atoms with van der Waals surface area (Å²) in [6.07, 6.45) is 0. The maximum atomic E-state index is 11.4. The second kappa shape index (κ2) is 4.85. The fraction of sp³-hybridized carbons (Fsp3) is 0.167. The van der Waals surface area contributed by atoms with Crippen molar-refractivity contribution in [2.24, 2.45) is 0 Å². The summed E-state index contributed by atoms with van der Waals surface area (Å²) in [6.45, 7) is 1.85. The van der Waals surface area contributed by atoms with Crippen LogP contribution in [-0.4, -0.2) is 18.1 Å². The zero-order valence-corrected chi connectivity index (χ0v) is 10.9. The smallest absolute Gasteiger partial charge is 0.357 e. The molecule has 0 aliphatic carbocycles. The molecule has 0 aliphatic rings. The zero-order valence-electron chi connectivity index (χ0n) is 9.36. The van der Waals surface area contributed by atoms with Gasteiger partial charge in [0.05, 0.1) is 7.11 Å². The Morgan fingerprint density at radius 2 is 2.00 bits per heavy atom. The van der Waals surface area contributed by atoms with Gasteiger partial charge in [-0.3, -0.25) is 0 Å². The average Bonchev–Trinajstić information content (AvgIpc) is 2.71. The molecule has 0 amide bonds. The lowest BCUT2D eigenvalue weighted by Crippen LogP contribution is -2.03. The van der Waals surface area contributed by atoms with Crippen molar-refractivity contribution in [2.75, 3.05) is 7.11 Å². The Balaban J connectivity index is 2.41. The summed E-state index contributed by atoms with van der Waals surface area (Å²) in [4.78, 5) is 16.6. The summed E-state index contributed by atoms with van der Waals surface area (Å²) < 4.78 is 4.67. The molecule has 88 valence electrons. The van der Waals surface area contributed by atoms with Gasteiger partial charge in [0, 0.05) is 15.5 Å². The Bertz CT molecular complexity index is 548. The molecule has 1 aromatic heterocycles. The standard InChI is InChI=1S/C12H10ClNO2S/c1-7-10(12(15)16-2)14-11(17-7)8-3-5-9(13)6-4-8/h3-6H,1-2H3. The normalized spacial score (nSPS) is 10.3. The predicted octanol–water partition coefficient (Wildman–Crippen LogP) is 3.56. The number of aromatic nitrogens is 1. The van der Waals surface area contributed by atoms with Gasteiger partial charge in [0.25, 0.3) is 0 Å². The molecular formula is C12H10ClNO2S. The summed E-state index contributed by atoms with van der Waals surface area (Å²) in [7, 11) is 1.35. The monoisotopic (exact) mass is 267 g/mol. The van der Waals surface area contributed by atoms with Gasteiger partial charge in [0.1, 0.15) is 5.01 Å². The Morgan fingerprint density at radius 1 is 1.35 bits per heavy atom. The number of benzene rings is 1. The molecule has 0 fully saturated rings. The van der Waals surface area contributed by atoms with Crippen molar-refractivity contribution in [3.8, 4) is 10.6 Å². The van der Waals surface area contributed by atoms with Gasteiger partial charge < -0.3 is 4.74 Å². The fourth-order valence-electron chi connectivity index (χ4n) is 1.40. The Morgan fingerprint density at radius 3 is 2.59 bits per heavy atom. The van der Waals surface area contributed by atoms with Crippen LogP contribution in [0.3, 0.4) is 0 Å². The van der Waals surface area contributed by atoms with E-state index in [-0.39, 0.29) is 0 Å². The van der Waals surface area contributed by atoms with Crippen molar-refractivity contribution in [1.29, 1.82) is 0 Å². The molecule has 0 saturated heterocycles. The largest absolute Gasteiger partial charge is 0.464 e. The molecule has 0 unspecified atom stereocenters. The van der Waals surface area contributed by atoms with E-state index in [9.17, 15) is 4.79 Å². The first-order chi connectivity index (χ1) is 8.11. The highest BCUT2D eigenvalue weighted by atomic mass is 35.5. The molecule has 1 aromatic carbocycles. The van der Waals surface area contributed by atoms with E-state index in [1.54, 1.807) is 12.1 Å². The number of aryl methyl sites for hydroxylation is 1. The molecule has 0 radical (unpaired) electrons. The first kappa shape index (κ1) is 12.1. The number of carbonyl (C=O) groups excluding carboxylic acids is 1. The Hall–Kier alpha value is -1.39. The van der Waals surface area contributed by atoms with Crippen LogP contribution in [0.5, 0.6) is 0 Å². The number of thiazole rings is 1. The minimum atomic E-state index is -0.404. The molecule has 0 saturated carbocycles. The number of nitrogens with zero attached hydrogens (tertiary/aromatic N) is 1. The van der Waals surface area contributed by atoms with E-state index in [0.717, 1.165) is 15.4 Å². The molecule has 2 aromatic rings. The van der Waals surface area contributed by atoms with E-state index in [4.69, 9.17) is 11.6 Å². The van der Waals surface area contributed by atoms with Gasteiger partial charge in [-0.25, -0.2) is 9.78 Å². The number of ether oxygens (including phenoxy) is 1. The molecule has 0 atom stereocenters. The Labute approximate surface area is 108 Å². The number of methoxy groups -OCH3 is 1. The number of carbonyl (C=O) groups is 1. The van der Waals surface area contributed by atoms with Crippen molar-refractivity contribution >= 4 is 28.9 Å². The summed E-state index contributed by atoms with van der Waals surface area (Å²) in [5.74, 6) is -0.404. The van der Waals surface area contributed by atoms with Crippen LogP contribution in [0.4, 0.5) is 0 Å². The van der Waals surface area contributed by atoms with Gasteiger partial charge >= 0.3 is 5.97 Å². The van der Waals surface area contributed by atoms with Crippen LogP contribution in [0, 0.1) is 6.92 Å². The minimum absolute atomic E-state index is 0.377. The third kappa shape index (κ3) is 2.48. The second-order valence-electron chi connectivity index (χ2n) is 3.42. The molecule has 2 rings (SSSR count). The summed E-state index contributed by atoms with van der Waals surface area (Å²) in [5.41, 5.74) is 1.32. The molecule has 0 N–H and O–H groups in total. The van der Waals surface area contributed by atoms with Gasteiger partial charge in [-0.05, 0) is 19.1 Å². The van der Waals surface area contributed by atoms with Crippen LogP contribution in [0.1, 0.15) is 15.4 Å². The number of hydrogen-bond donors (Lipinski definition) is 0. The third-order valence-electron chi connectivity index (χ3n) is 2.27. The fourth-order valence-corrected chi connectivity index (χ4v) is 2.43. The highest BCUT2D eigenvalue weighted by Crippen LogP contribution is 2.28. The van der Waals surface area contributed by atoms with Crippen LogP contribution in [0.15, 0.2) is 24.3 Å². The zero-order chi connectivity index (χ0) is 12.4. The maximum Gasteiger partial charge on any atom is 0.357 e. The SMILES string of the molecule is COC(=O)c1nc(-c2ccc(Cl)cc2)sc1C. The predicted molar refractivity (Wildman–Crippen MR) is 68.6 cm³/mol. The van der Waals surface area contributed by atoms with Gasteiger partial charge in [-0.1, -0.05) is 23.7 Å². The molecule has 3 nitrogen and oxygen atoms in total. The third-order valence-corrected chi connectivity index (χ3v) is 3.54. The summed E-state index contributed by atoms with van der Waals surface area (Å²) >= 11 is 7.28. The average molecular weight is 268 g/mol. The molecule has 17 heavy (non-hydrogen) atoms. The first-order valence-electron chi connectivity index (χ1n) is 4.93. The van der Waals surface area contributed by atoms with Gasteiger partial charge in [-0.2, -0.15) is 0 Å². The van der Waals surface area contributed by atoms with Crippen molar-refractivity contribution in [2.45, 2.75) is 6.92 Å². The van der Waals surface area contributed by atoms with Gasteiger partial charge in [0.15, 0.2) is 5.69 Å². The maximum absolute atomic E-state index is 11.4.